The molecule has 0 unspecified atom stereocenters. The molecule has 78 valence electrons. The minimum absolute atomic E-state index is 0.152. The van der Waals surface area contributed by atoms with Crippen molar-refractivity contribution in [1.29, 1.82) is 0 Å². The summed E-state index contributed by atoms with van der Waals surface area (Å²) in [6.45, 7) is 2.74. The summed E-state index contributed by atoms with van der Waals surface area (Å²) in [7, 11) is 0. The average Bonchev–Trinajstić information content (AvgIpc) is 2.52. The summed E-state index contributed by atoms with van der Waals surface area (Å²) in [5, 5.41) is 22.5. The molecule has 0 radical (unpaired) electrons. The largest absolute Gasteiger partial charge is 0.392 e. The molecule has 0 aliphatic carbocycles. The van der Waals surface area contributed by atoms with Gasteiger partial charge in [-0.3, -0.25) is 10.1 Å². The van der Waals surface area contributed by atoms with Crippen LogP contribution in [0.15, 0.2) is 12.1 Å². The van der Waals surface area contributed by atoms with Gasteiger partial charge in [-0.1, -0.05) is 11.3 Å². The summed E-state index contributed by atoms with van der Waals surface area (Å²) in [6.07, 6.45) is -0.398. The van der Waals surface area contributed by atoms with E-state index in [1.807, 2.05) is 0 Å². The van der Waals surface area contributed by atoms with Gasteiger partial charge in [0.05, 0.1) is 11.0 Å². The van der Waals surface area contributed by atoms with Crippen LogP contribution >= 0.6 is 11.3 Å². The Morgan fingerprint density at radius 3 is 2.93 bits per heavy atom. The first kappa shape index (κ1) is 11.1. The number of rotatable bonds is 5. The molecule has 2 N–H and O–H groups in total. The summed E-state index contributed by atoms with van der Waals surface area (Å²) in [6, 6.07) is 3.21. The molecule has 0 aliphatic rings. The lowest BCUT2D eigenvalue weighted by molar-refractivity contribution is -0.380. The maximum atomic E-state index is 10.4. The van der Waals surface area contributed by atoms with E-state index in [-0.39, 0.29) is 5.00 Å². The monoisotopic (exact) mass is 216 g/mol. The smallest absolute Gasteiger partial charge is 0.324 e. The average molecular weight is 216 g/mol. The molecule has 0 saturated heterocycles. The lowest BCUT2D eigenvalue weighted by Gasteiger charge is -2.04. The Hall–Kier alpha value is -0.980. The molecule has 0 amide bonds. The van der Waals surface area contributed by atoms with Crippen LogP contribution in [0.3, 0.4) is 0 Å². The van der Waals surface area contributed by atoms with Crippen molar-refractivity contribution in [2.24, 2.45) is 0 Å². The van der Waals surface area contributed by atoms with Crippen molar-refractivity contribution in [2.45, 2.75) is 19.6 Å². The molecule has 5 nitrogen and oxygen atoms in total. The van der Waals surface area contributed by atoms with Crippen LogP contribution in [0.1, 0.15) is 11.8 Å². The van der Waals surface area contributed by atoms with E-state index in [0.717, 1.165) is 16.2 Å². The van der Waals surface area contributed by atoms with Crippen LogP contribution in [0.5, 0.6) is 0 Å². The Morgan fingerprint density at radius 2 is 2.43 bits per heavy atom. The van der Waals surface area contributed by atoms with E-state index in [2.05, 4.69) is 5.32 Å². The Morgan fingerprint density at radius 1 is 1.71 bits per heavy atom. The van der Waals surface area contributed by atoms with E-state index in [1.165, 1.54) is 6.07 Å². The molecule has 0 aliphatic heterocycles. The molecule has 0 spiro atoms. The molecule has 1 rings (SSSR count). The van der Waals surface area contributed by atoms with Gasteiger partial charge in [-0.15, -0.1) is 0 Å². The summed E-state index contributed by atoms with van der Waals surface area (Å²) >= 11 is 1.15. The second kappa shape index (κ2) is 5.04. The fourth-order valence-electron chi connectivity index (χ4n) is 0.964. The standard InChI is InChI=1S/C8H12N2O3S/c1-6(11)4-9-5-7-2-3-8(14-7)10(12)13/h2-3,6,9,11H,4-5H2,1H3/t6-/m1/s1. The summed E-state index contributed by atoms with van der Waals surface area (Å²) in [5.41, 5.74) is 0. The van der Waals surface area contributed by atoms with E-state index in [9.17, 15) is 10.1 Å². The highest BCUT2D eigenvalue weighted by atomic mass is 32.1. The Bertz CT molecular complexity index is 311. The van der Waals surface area contributed by atoms with Gasteiger partial charge in [0.25, 0.3) is 0 Å². The molecule has 1 aromatic rings. The molecule has 0 saturated carbocycles. The number of nitro groups is 1. The molecule has 1 aromatic heterocycles. The fraction of sp³-hybridized carbons (Fsp3) is 0.500. The molecule has 1 atom stereocenters. The van der Waals surface area contributed by atoms with E-state index >= 15 is 0 Å². The zero-order chi connectivity index (χ0) is 10.6. The SMILES string of the molecule is C[C@@H](O)CNCc1ccc([N+](=O)[O-])s1. The number of nitrogens with one attached hydrogen (secondary N) is 1. The molecule has 14 heavy (non-hydrogen) atoms. The van der Waals surface area contributed by atoms with E-state index in [4.69, 9.17) is 5.11 Å². The van der Waals surface area contributed by atoms with Gasteiger partial charge < -0.3 is 10.4 Å². The second-order valence-electron chi connectivity index (χ2n) is 2.98. The van der Waals surface area contributed by atoms with E-state index in [0.29, 0.717) is 13.1 Å². The van der Waals surface area contributed by atoms with E-state index in [1.54, 1.807) is 13.0 Å². The highest BCUT2D eigenvalue weighted by Gasteiger charge is 2.08. The number of thiophene rings is 1. The topological polar surface area (TPSA) is 75.4 Å². The quantitative estimate of drug-likeness (QED) is 0.571. The number of aliphatic hydroxyl groups excluding tert-OH is 1. The zero-order valence-corrected chi connectivity index (χ0v) is 8.58. The highest BCUT2D eigenvalue weighted by molar-refractivity contribution is 7.15. The van der Waals surface area contributed by atoms with Crippen molar-refractivity contribution >= 4 is 16.3 Å². The van der Waals surface area contributed by atoms with Gasteiger partial charge in [-0.2, -0.15) is 0 Å². The van der Waals surface area contributed by atoms with Gasteiger partial charge in [0.1, 0.15) is 0 Å². The Kier molecular flexibility index (Phi) is 3.99. The van der Waals surface area contributed by atoms with Crippen molar-refractivity contribution in [1.82, 2.24) is 5.32 Å². The van der Waals surface area contributed by atoms with Crippen LogP contribution in [0.2, 0.25) is 0 Å². The molecular formula is C8H12N2O3S. The number of aliphatic hydroxyl groups is 1. The van der Waals surface area contributed by atoms with Crippen LogP contribution in [0.25, 0.3) is 0 Å². The third-order valence-corrected chi connectivity index (χ3v) is 2.60. The summed E-state index contributed by atoms with van der Waals surface area (Å²) < 4.78 is 0. The molecule has 0 aromatic carbocycles. The summed E-state index contributed by atoms with van der Waals surface area (Å²) in [5.74, 6) is 0. The van der Waals surface area contributed by atoms with Gasteiger partial charge in [-0.25, -0.2) is 0 Å². The number of nitrogens with zero attached hydrogens (tertiary/aromatic N) is 1. The molecule has 6 heteroatoms. The van der Waals surface area contributed by atoms with Crippen LogP contribution in [0.4, 0.5) is 5.00 Å². The summed E-state index contributed by atoms with van der Waals surface area (Å²) in [4.78, 5) is 10.9. The normalized spacial score (nSPS) is 12.7. The Labute approximate surface area is 85.5 Å². The van der Waals surface area contributed by atoms with Crippen LogP contribution < -0.4 is 5.32 Å². The second-order valence-corrected chi connectivity index (χ2v) is 4.12. The fourth-order valence-corrected chi connectivity index (χ4v) is 1.75. The van der Waals surface area contributed by atoms with Gasteiger partial charge in [0, 0.05) is 24.0 Å². The van der Waals surface area contributed by atoms with Gasteiger partial charge in [0.15, 0.2) is 0 Å². The highest BCUT2D eigenvalue weighted by Crippen LogP contribution is 2.23. The maximum Gasteiger partial charge on any atom is 0.324 e. The van der Waals surface area contributed by atoms with Crippen molar-refractivity contribution in [3.8, 4) is 0 Å². The first-order valence-electron chi connectivity index (χ1n) is 4.21. The van der Waals surface area contributed by atoms with Crippen molar-refractivity contribution < 1.29 is 10.0 Å². The van der Waals surface area contributed by atoms with Crippen LogP contribution in [-0.4, -0.2) is 22.7 Å². The first-order valence-corrected chi connectivity index (χ1v) is 5.03. The van der Waals surface area contributed by atoms with Gasteiger partial charge in [-0.05, 0) is 13.0 Å². The third kappa shape index (κ3) is 3.41. The lowest BCUT2D eigenvalue weighted by Crippen LogP contribution is -2.23. The van der Waals surface area contributed by atoms with Crippen molar-refractivity contribution in [3.63, 3.8) is 0 Å². The van der Waals surface area contributed by atoms with Crippen LogP contribution in [-0.2, 0) is 6.54 Å². The third-order valence-electron chi connectivity index (χ3n) is 1.57. The van der Waals surface area contributed by atoms with Crippen LogP contribution in [0, 0.1) is 10.1 Å². The minimum atomic E-state index is -0.400. The number of hydrogen-bond donors (Lipinski definition) is 2. The molecular weight excluding hydrogens is 204 g/mol. The lowest BCUT2D eigenvalue weighted by atomic mass is 10.4. The van der Waals surface area contributed by atoms with Gasteiger partial charge >= 0.3 is 5.00 Å². The zero-order valence-electron chi connectivity index (χ0n) is 7.77. The van der Waals surface area contributed by atoms with Gasteiger partial charge in [0.2, 0.25) is 0 Å². The Balaban J connectivity index is 2.40. The minimum Gasteiger partial charge on any atom is -0.392 e. The molecule has 0 fully saturated rings. The predicted octanol–water partition coefficient (Wildman–Crippen LogP) is 1.13. The van der Waals surface area contributed by atoms with E-state index < -0.39 is 11.0 Å². The number of hydrogen-bond acceptors (Lipinski definition) is 5. The van der Waals surface area contributed by atoms with Crippen molar-refractivity contribution in [3.05, 3.63) is 27.1 Å². The molecule has 1 heterocycles. The first-order chi connectivity index (χ1) is 6.59. The molecule has 0 bridgehead atoms. The predicted molar refractivity (Wildman–Crippen MR) is 54.4 cm³/mol. The van der Waals surface area contributed by atoms with Crippen molar-refractivity contribution in [2.75, 3.05) is 6.54 Å². The maximum absolute atomic E-state index is 10.4.